The molecule has 4 nitrogen and oxygen atoms in total. The molecule has 0 radical (unpaired) electrons. The number of ether oxygens (including phenoxy) is 2. The van der Waals surface area contributed by atoms with Crippen LogP contribution in [-0.4, -0.2) is 24.6 Å². The molecular formula is C12H20O4. The van der Waals surface area contributed by atoms with Gasteiger partial charge in [-0.15, -0.1) is 0 Å². The summed E-state index contributed by atoms with van der Waals surface area (Å²) in [6, 6.07) is 0. The van der Waals surface area contributed by atoms with E-state index in [0.29, 0.717) is 5.57 Å². The maximum Gasteiger partial charge on any atom is 0.337 e. The lowest BCUT2D eigenvalue weighted by atomic mass is 10.2. The molecule has 0 aliphatic heterocycles. The quantitative estimate of drug-likeness (QED) is 0.516. The minimum atomic E-state index is -0.412. The Hall–Kier alpha value is -1.32. The third-order valence-electron chi connectivity index (χ3n) is 1.72. The number of carbonyl (C=O) groups excluding carboxylic acids is 2. The van der Waals surface area contributed by atoms with Crippen LogP contribution in [0.5, 0.6) is 0 Å². The summed E-state index contributed by atoms with van der Waals surface area (Å²) in [4.78, 5) is 22.3. The number of hydrogen-bond donors (Lipinski definition) is 0. The highest BCUT2D eigenvalue weighted by Gasteiger charge is 2.13. The van der Waals surface area contributed by atoms with E-state index < -0.39 is 11.9 Å². The minimum Gasteiger partial charge on any atom is -0.461 e. The molecule has 0 fully saturated rings. The molecule has 0 bridgehead atoms. The van der Waals surface area contributed by atoms with Gasteiger partial charge in [-0.1, -0.05) is 19.4 Å². The van der Waals surface area contributed by atoms with Crippen molar-refractivity contribution in [3.63, 3.8) is 0 Å². The number of unbranched alkanes of at least 4 members (excludes halogenated alkanes) is 1. The minimum absolute atomic E-state index is 0.0130. The van der Waals surface area contributed by atoms with Gasteiger partial charge in [0.25, 0.3) is 0 Å². The fourth-order valence-electron chi connectivity index (χ4n) is 0.989. The summed E-state index contributed by atoms with van der Waals surface area (Å²) in [7, 11) is 0. The zero-order valence-electron chi connectivity index (χ0n) is 10.4. The summed E-state index contributed by atoms with van der Waals surface area (Å²) in [5.74, 6) is -0.815. The Morgan fingerprint density at radius 3 is 2.38 bits per heavy atom. The van der Waals surface area contributed by atoms with Crippen molar-refractivity contribution in [1.82, 2.24) is 0 Å². The van der Waals surface area contributed by atoms with Crippen molar-refractivity contribution in [1.29, 1.82) is 0 Å². The monoisotopic (exact) mass is 228 g/mol. The molecule has 92 valence electrons. The Bertz CT molecular complexity index is 266. The van der Waals surface area contributed by atoms with Gasteiger partial charge in [0, 0.05) is 6.92 Å². The molecular weight excluding hydrogens is 208 g/mol. The lowest BCUT2D eigenvalue weighted by Gasteiger charge is -2.10. The molecule has 0 aliphatic rings. The van der Waals surface area contributed by atoms with Crippen LogP contribution in [0.2, 0.25) is 0 Å². The predicted molar refractivity (Wildman–Crippen MR) is 60.9 cm³/mol. The fourth-order valence-corrected chi connectivity index (χ4v) is 0.989. The molecule has 0 atom stereocenters. The molecule has 16 heavy (non-hydrogen) atoms. The fraction of sp³-hybridized carbons (Fsp3) is 0.667. The Balaban J connectivity index is 4.41. The number of esters is 2. The van der Waals surface area contributed by atoms with E-state index in [2.05, 4.69) is 0 Å². The molecule has 0 unspecified atom stereocenters. The molecule has 0 saturated heterocycles. The summed E-state index contributed by atoms with van der Waals surface area (Å²) < 4.78 is 9.84. The lowest BCUT2D eigenvalue weighted by Crippen LogP contribution is -2.18. The molecule has 0 N–H and O–H groups in total. The first kappa shape index (κ1) is 14.7. The lowest BCUT2D eigenvalue weighted by molar-refractivity contribution is -0.145. The summed E-state index contributed by atoms with van der Waals surface area (Å²) in [5, 5.41) is 0. The van der Waals surface area contributed by atoms with Crippen LogP contribution in [0.25, 0.3) is 0 Å². The zero-order chi connectivity index (χ0) is 12.6. The van der Waals surface area contributed by atoms with Crippen LogP contribution < -0.4 is 0 Å². The highest BCUT2D eigenvalue weighted by atomic mass is 16.6. The molecule has 0 amide bonds. The van der Waals surface area contributed by atoms with Crippen LogP contribution in [0.4, 0.5) is 0 Å². The van der Waals surface area contributed by atoms with Crippen molar-refractivity contribution in [2.24, 2.45) is 0 Å². The molecule has 0 aliphatic carbocycles. The standard InChI is InChI=1S/C12H20O4/c1-5-6-7-11(8-15-10(4)13)12(14)16-9(2)3/h7,9H,5-6,8H2,1-4H3. The second kappa shape index (κ2) is 7.91. The van der Waals surface area contributed by atoms with Gasteiger partial charge in [0.05, 0.1) is 11.7 Å². The first-order valence-electron chi connectivity index (χ1n) is 5.50. The van der Waals surface area contributed by atoms with E-state index in [1.54, 1.807) is 19.9 Å². The average Bonchev–Trinajstić information content (AvgIpc) is 2.16. The van der Waals surface area contributed by atoms with Gasteiger partial charge < -0.3 is 9.47 Å². The van der Waals surface area contributed by atoms with Crippen molar-refractivity contribution < 1.29 is 19.1 Å². The highest BCUT2D eigenvalue weighted by molar-refractivity contribution is 5.89. The van der Waals surface area contributed by atoms with Crippen LogP contribution in [-0.2, 0) is 19.1 Å². The highest BCUT2D eigenvalue weighted by Crippen LogP contribution is 2.05. The SMILES string of the molecule is CCCC=C(COC(C)=O)C(=O)OC(C)C. The van der Waals surface area contributed by atoms with Gasteiger partial charge in [0.1, 0.15) is 6.61 Å². The van der Waals surface area contributed by atoms with Crippen molar-refractivity contribution in [2.45, 2.75) is 46.6 Å². The Morgan fingerprint density at radius 1 is 1.31 bits per heavy atom. The predicted octanol–water partition coefficient (Wildman–Crippen LogP) is 2.23. The molecule has 0 aromatic rings. The largest absolute Gasteiger partial charge is 0.461 e. The molecule has 0 spiro atoms. The molecule has 0 heterocycles. The van der Waals surface area contributed by atoms with E-state index in [-0.39, 0.29) is 12.7 Å². The van der Waals surface area contributed by atoms with Crippen LogP contribution in [0.1, 0.15) is 40.5 Å². The molecule has 0 aromatic carbocycles. The average molecular weight is 228 g/mol. The second-order valence-electron chi connectivity index (χ2n) is 3.75. The zero-order valence-corrected chi connectivity index (χ0v) is 10.4. The smallest absolute Gasteiger partial charge is 0.337 e. The third-order valence-corrected chi connectivity index (χ3v) is 1.72. The van der Waals surface area contributed by atoms with E-state index in [1.807, 2.05) is 6.92 Å². The summed E-state index contributed by atoms with van der Waals surface area (Å²) >= 11 is 0. The van der Waals surface area contributed by atoms with Gasteiger partial charge >= 0.3 is 11.9 Å². The summed E-state index contributed by atoms with van der Waals surface area (Å²) in [6.07, 6.45) is 3.28. The van der Waals surface area contributed by atoms with Gasteiger partial charge in [-0.05, 0) is 20.3 Å². The van der Waals surface area contributed by atoms with Crippen LogP contribution >= 0.6 is 0 Å². The summed E-state index contributed by atoms with van der Waals surface area (Å²) in [6.45, 7) is 6.86. The van der Waals surface area contributed by atoms with Gasteiger partial charge in [-0.25, -0.2) is 4.79 Å². The van der Waals surface area contributed by atoms with Gasteiger partial charge in [0.15, 0.2) is 0 Å². The number of carbonyl (C=O) groups is 2. The summed E-state index contributed by atoms with van der Waals surface area (Å²) in [5.41, 5.74) is 0.408. The normalized spacial score (nSPS) is 11.4. The van der Waals surface area contributed by atoms with Gasteiger partial charge in [-0.3, -0.25) is 4.79 Å². The van der Waals surface area contributed by atoms with E-state index in [4.69, 9.17) is 9.47 Å². The Morgan fingerprint density at radius 2 is 1.94 bits per heavy atom. The van der Waals surface area contributed by atoms with Crippen molar-refractivity contribution in [2.75, 3.05) is 6.61 Å². The van der Waals surface area contributed by atoms with Crippen molar-refractivity contribution in [3.8, 4) is 0 Å². The Kier molecular flexibility index (Phi) is 7.25. The van der Waals surface area contributed by atoms with Crippen LogP contribution in [0, 0.1) is 0 Å². The van der Waals surface area contributed by atoms with Crippen LogP contribution in [0.3, 0.4) is 0 Å². The number of rotatable bonds is 6. The molecule has 4 heteroatoms. The number of allylic oxidation sites excluding steroid dienone is 1. The van der Waals surface area contributed by atoms with Crippen molar-refractivity contribution in [3.05, 3.63) is 11.6 Å². The first-order valence-corrected chi connectivity index (χ1v) is 5.50. The van der Waals surface area contributed by atoms with E-state index >= 15 is 0 Å². The molecule has 0 saturated carbocycles. The number of hydrogen-bond acceptors (Lipinski definition) is 4. The third kappa shape index (κ3) is 7.04. The van der Waals surface area contributed by atoms with Crippen LogP contribution in [0.15, 0.2) is 11.6 Å². The van der Waals surface area contributed by atoms with E-state index in [1.165, 1.54) is 6.92 Å². The van der Waals surface area contributed by atoms with Gasteiger partial charge in [-0.2, -0.15) is 0 Å². The maximum absolute atomic E-state index is 11.6. The Labute approximate surface area is 96.6 Å². The van der Waals surface area contributed by atoms with E-state index in [0.717, 1.165) is 12.8 Å². The van der Waals surface area contributed by atoms with Crippen molar-refractivity contribution >= 4 is 11.9 Å². The molecule has 0 rings (SSSR count). The molecule has 0 aromatic heterocycles. The van der Waals surface area contributed by atoms with Gasteiger partial charge in [0.2, 0.25) is 0 Å². The van der Waals surface area contributed by atoms with E-state index in [9.17, 15) is 9.59 Å². The second-order valence-corrected chi connectivity index (χ2v) is 3.75. The maximum atomic E-state index is 11.6. The first-order chi connectivity index (χ1) is 7.47. The topological polar surface area (TPSA) is 52.6 Å².